The summed E-state index contributed by atoms with van der Waals surface area (Å²) in [6, 6.07) is 5.88. The molecule has 2 nitrogen and oxygen atoms in total. The first kappa shape index (κ1) is 11.1. The minimum absolute atomic E-state index is 0.0636. The number of hydrogen-bond donors (Lipinski definition) is 0. The second kappa shape index (κ2) is 5.10. The zero-order valence-corrected chi connectivity index (χ0v) is 9.12. The summed E-state index contributed by atoms with van der Waals surface area (Å²) in [6.07, 6.45) is 4.23. The molecule has 0 unspecified atom stereocenters. The van der Waals surface area contributed by atoms with E-state index in [0.29, 0.717) is 5.75 Å². The van der Waals surface area contributed by atoms with Crippen molar-refractivity contribution in [2.75, 3.05) is 6.61 Å². The monoisotopic (exact) mass is 222 g/mol. The molecule has 0 aromatic heterocycles. The summed E-state index contributed by atoms with van der Waals surface area (Å²) in [5.74, 6) is 0.382. The standard InChI is InChI=1S/C13H15FO2/c14-11-6-3-7-12(8-11)16-9-13(15)10-4-1-2-5-10/h3,6-8,10H,1-2,4-5,9H2. The number of Topliss-reactive ketones (excluding diaryl/α,β-unsaturated/α-hetero) is 1. The molecule has 1 aliphatic rings. The Morgan fingerprint density at radius 2 is 2.12 bits per heavy atom. The van der Waals surface area contributed by atoms with Gasteiger partial charge in [-0.05, 0) is 25.0 Å². The second-order valence-electron chi connectivity index (χ2n) is 4.19. The number of carbonyl (C=O) groups is 1. The molecule has 0 heterocycles. The molecule has 2 rings (SSSR count). The molecule has 1 aromatic carbocycles. The third-order valence-corrected chi connectivity index (χ3v) is 2.99. The van der Waals surface area contributed by atoms with Crippen molar-refractivity contribution in [1.82, 2.24) is 0 Å². The molecule has 0 N–H and O–H groups in total. The van der Waals surface area contributed by atoms with Gasteiger partial charge in [-0.15, -0.1) is 0 Å². The highest BCUT2D eigenvalue weighted by atomic mass is 19.1. The zero-order valence-electron chi connectivity index (χ0n) is 9.12. The molecular formula is C13H15FO2. The Morgan fingerprint density at radius 3 is 2.81 bits per heavy atom. The van der Waals surface area contributed by atoms with Crippen LogP contribution in [0.1, 0.15) is 25.7 Å². The summed E-state index contributed by atoms with van der Waals surface area (Å²) in [4.78, 5) is 11.7. The first-order valence-corrected chi connectivity index (χ1v) is 5.67. The van der Waals surface area contributed by atoms with E-state index in [1.54, 1.807) is 12.1 Å². The maximum atomic E-state index is 12.8. The number of ketones is 1. The fourth-order valence-electron chi connectivity index (χ4n) is 2.08. The quantitative estimate of drug-likeness (QED) is 0.782. The van der Waals surface area contributed by atoms with Crippen LogP contribution < -0.4 is 4.74 Å². The third-order valence-electron chi connectivity index (χ3n) is 2.99. The lowest BCUT2D eigenvalue weighted by Gasteiger charge is -2.09. The van der Waals surface area contributed by atoms with Crippen LogP contribution in [0.5, 0.6) is 5.75 Å². The summed E-state index contributed by atoms with van der Waals surface area (Å²) in [5, 5.41) is 0. The van der Waals surface area contributed by atoms with Gasteiger partial charge in [0.1, 0.15) is 18.2 Å². The van der Waals surface area contributed by atoms with Crippen LogP contribution in [-0.2, 0) is 4.79 Å². The van der Waals surface area contributed by atoms with Gasteiger partial charge in [0.2, 0.25) is 0 Å². The largest absolute Gasteiger partial charge is 0.486 e. The molecule has 1 fully saturated rings. The van der Waals surface area contributed by atoms with Crippen LogP contribution in [0.4, 0.5) is 4.39 Å². The lowest BCUT2D eigenvalue weighted by molar-refractivity contribution is -0.124. The molecular weight excluding hydrogens is 207 g/mol. The van der Waals surface area contributed by atoms with Crippen molar-refractivity contribution in [3.05, 3.63) is 30.1 Å². The molecule has 16 heavy (non-hydrogen) atoms. The fourth-order valence-corrected chi connectivity index (χ4v) is 2.08. The summed E-state index contributed by atoms with van der Waals surface area (Å²) < 4.78 is 18.1. The van der Waals surface area contributed by atoms with E-state index in [9.17, 15) is 9.18 Å². The lowest BCUT2D eigenvalue weighted by atomic mass is 10.0. The summed E-state index contributed by atoms with van der Waals surface area (Å²) >= 11 is 0. The molecule has 1 aromatic rings. The predicted octanol–water partition coefficient (Wildman–Crippen LogP) is 2.96. The molecule has 0 radical (unpaired) electrons. The number of halogens is 1. The number of benzene rings is 1. The van der Waals surface area contributed by atoms with Gasteiger partial charge in [-0.1, -0.05) is 18.9 Å². The summed E-state index contributed by atoms with van der Waals surface area (Å²) in [7, 11) is 0. The normalized spacial score (nSPS) is 16.3. The number of hydrogen-bond acceptors (Lipinski definition) is 2. The van der Waals surface area contributed by atoms with E-state index in [0.717, 1.165) is 25.7 Å². The molecule has 0 saturated heterocycles. The van der Waals surface area contributed by atoms with E-state index < -0.39 is 0 Å². The maximum absolute atomic E-state index is 12.8. The van der Waals surface area contributed by atoms with Crippen LogP contribution in [-0.4, -0.2) is 12.4 Å². The topological polar surface area (TPSA) is 26.3 Å². The Morgan fingerprint density at radius 1 is 1.38 bits per heavy atom. The first-order chi connectivity index (χ1) is 7.75. The molecule has 3 heteroatoms. The Kier molecular flexibility index (Phi) is 3.54. The van der Waals surface area contributed by atoms with Gasteiger partial charge in [0.15, 0.2) is 5.78 Å². The Bertz CT molecular complexity index is 370. The van der Waals surface area contributed by atoms with Gasteiger partial charge in [-0.25, -0.2) is 4.39 Å². The molecule has 0 atom stereocenters. The smallest absolute Gasteiger partial charge is 0.173 e. The van der Waals surface area contributed by atoms with Crippen LogP contribution in [0.15, 0.2) is 24.3 Å². The molecule has 1 saturated carbocycles. The number of carbonyl (C=O) groups excluding carboxylic acids is 1. The first-order valence-electron chi connectivity index (χ1n) is 5.67. The van der Waals surface area contributed by atoms with Crippen LogP contribution in [0.25, 0.3) is 0 Å². The maximum Gasteiger partial charge on any atom is 0.173 e. The zero-order chi connectivity index (χ0) is 11.4. The minimum Gasteiger partial charge on any atom is -0.486 e. The highest BCUT2D eigenvalue weighted by molar-refractivity contribution is 5.82. The highest BCUT2D eigenvalue weighted by Gasteiger charge is 2.22. The van der Waals surface area contributed by atoms with Gasteiger partial charge in [-0.3, -0.25) is 4.79 Å². The Hall–Kier alpha value is -1.38. The molecule has 0 amide bonds. The van der Waals surface area contributed by atoms with Crippen molar-refractivity contribution in [3.8, 4) is 5.75 Å². The highest BCUT2D eigenvalue weighted by Crippen LogP contribution is 2.25. The van der Waals surface area contributed by atoms with E-state index in [-0.39, 0.29) is 24.1 Å². The van der Waals surface area contributed by atoms with Crippen LogP contribution in [0.3, 0.4) is 0 Å². The van der Waals surface area contributed by atoms with Crippen LogP contribution in [0, 0.1) is 11.7 Å². The summed E-state index contributed by atoms with van der Waals surface area (Å²) in [5.41, 5.74) is 0. The van der Waals surface area contributed by atoms with E-state index in [1.165, 1.54) is 12.1 Å². The average molecular weight is 222 g/mol. The Balaban J connectivity index is 1.84. The van der Waals surface area contributed by atoms with Gasteiger partial charge in [0, 0.05) is 12.0 Å². The predicted molar refractivity (Wildman–Crippen MR) is 58.9 cm³/mol. The molecule has 0 bridgehead atoms. The van der Waals surface area contributed by atoms with Gasteiger partial charge in [0.25, 0.3) is 0 Å². The van der Waals surface area contributed by atoms with E-state index in [1.807, 2.05) is 0 Å². The van der Waals surface area contributed by atoms with Crippen LogP contribution >= 0.6 is 0 Å². The molecule has 0 aliphatic heterocycles. The SMILES string of the molecule is O=C(COc1cccc(F)c1)C1CCCC1. The number of rotatable bonds is 4. The van der Waals surface area contributed by atoms with Crippen molar-refractivity contribution in [3.63, 3.8) is 0 Å². The van der Waals surface area contributed by atoms with Crippen molar-refractivity contribution in [2.45, 2.75) is 25.7 Å². The summed E-state index contributed by atoms with van der Waals surface area (Å²) in [6.45, 7) is 0.0636. The van der Waals surface area contributed by atoms with Gasteiger partial charge in [0.05, 0.1) is 0 Å². The van der Waals surface area contributed by atoms with Gasteiger partial charge >= 0.3 is 0 Å². The lowest BCUT2D eigenvalue weighted by Crippen LogP contribution is -2.19. The van der Waals surface area contributed by atoms with Crippen molar-refractivity contribution in [1.29, 1.82) is 0 Å². The fraction of sp³-hybridized carbons (Fsp3) is 0.462. The third kappa shape index (κ3) is 2.81. The number of ether oxygens (including phenoxy) is 1. The van der Waals surface area contributed by atoms with E-state index in [4.69, 9.17) is 4.74 Å². The van der Waals surface area contributed by atoms with Gasteiger partial charge < -0.3 is 4.74 Å². The Labute approximate surface area is 94.4 Å². The molecule has 86 valence electrons. The van der Waals surface area contributed by atoms with E-state index >= 15 is 0 Å². The average Bonchev–Trinajstić information content (AvgIpc) is 2.79. The molecule has 1 aliphatic carbocycles. The molecule has 0 spiro atoms. The van der Waals surface area contributed by atoms with Crippen molar-refractivity contribution >= 4 is 5.78 Å². The van der Waals surface area contributed by atoms with Gasteiger partial charge in [-0.2, -0.15) is 0 Å². The van der Waals surface area contributed by atoms with Crippen molar-refractivity contribution in [2.24, 2.45) is 5.92 Å². The minimum atomic E-state index is -0.342. The van der Waals surface area contributed by atoms with Crippen LogP contribution in [0.2, 0.25) is 0 Å². The van der Waals surface area contributed by atoms with Crippen molar-refractivity contribution < 1.29 is 13.9 Å². The van der Waals surface area contributed by atoms with E-state index in [2.05, 4.69) is 0 Å². The second-order valence-corrected chi connectivity index (χ2v) is 4.19.